The molecular weight excluding hydrogens is 352 g/mol. The molecule has 7 aliphatic rings. The van der Waals surface area contributed by atoms with Crippen molar-refractivity contribution in [1.82, 2.24) is 39.6 Å². The Kier molecular flexibility index (Phi) is 2.76. The summed E-state index contributed by atoms with van der Waals surface area (Å²) in [5, 5.41) is 9.65. The van der Waals surface area contributed by atoms with Crippen LogP contribution in [0.2, 0.25) is 0 Å². The third kappa shape index (κ3) is 2.05. The molecule has 0 aliphatic carbocycles. The molecule has 0 aromatic rings. The van der Waals surface area contributed by atoms with Crippen LogP contribution in [0, 0.1) is 0 Å². The summed E-state index contributed by atoms with van der Waals surface area (Å²) in [7, 11) is 0. The molecule has 28 heavy (non-hydrogen) atoms. The van der Waals surface area contributed by atoms with Crippen molar-refractivity contribution in [3.05, 3.63) is 71.9 Å². The van der Waals surface area contributed by atoms with E-state index in [0.717, 1.165) is 52.9 Å². The number of rotatable bonds is 0. The fraction of sp³-hybridized carbons (Fsp3) is 0.400. The van der Waals surface area contributed by atoms with Gasteiger partial charge in [-0.3, -0.25) is 20.0 Å². The average Bonchev–Trinajstić information content (AvgIpc) is 3.45. The molecule has 0 saturated carbocycles. The van der Waals surface area contributed by atoms with Crippen LogP contribution in [0.5, 0.6) is 0 Å². The van der Waals surface area contributed by atoms with E-state index in [4.69, 9.17) is 0 Å². The summed E-state index contributed by atoms with van der Waals surface area (Å²) in [6, 6.07) is 0. The monoisotopic (exact) mass is 376 g/mol. The highest BCUT2D eigenvalue weighted by atomic mass is 15.7. The van der Waals surface area contributed by atoms with Crippen molar-refractivity contribution in [2.45, 2.75) is 0 Å². The molecule has 8 nitrogen and oxygen atoms in total. The van der Waals surface area contributed by atoms with Crippen molar-refractivity contribution in [3.8, 4) is 0 Å². The van der Waals surface area contributed by atoms with Gasteiger partial charge in [0.25, 0.3) is 0 Å². The van der Waals surface area contributed by atoms with Gasteiger partial charge in [-0.1, -0.05) is 0 Å². The highest BCUT2D eigenvalue weighted by Gasteiger charge is 2.36. The molecule has 8 bridgehead atoms. The number of nitrogens with zero attached hydrogens (tertiary/aromatic N) is 8. The van der Waals surface area contributed by atoms with Crippen molar-refractivity contribution in [2.75, 3.05) is 52.9 Å². The second-order valence-corrected chi connectivity index (χ2v) is 8.30. The van der Waals surface area contributed by atoms with Crippen molar-refractivity contribution < 1.29 is 0 Å². The van der Waals surface area contributed by atoms with Crippen LogP contribution in [0.4, 0.5) is 0 Å². The number of fused-ring (bicyclic) bond motifs is 4. The fourth-order valence-corrected chi connectivity index (χ4v) is 4.97. The zero-order chi connectivity index (χ0) is 18.2. The Hall–Kier alpha value is -3.16. The highest BCUT2D eigenvalue weighted by molar-refractivity contribution is 5.35. The SMILES string of the molecule is C1=CC2=CN3CCN4C=C5C=CC6=CN(CCN7C=C1N(C7)N2C3)CN6N5C4. The minimum absolute atomic E-state index is 0.933. The van der Waals surface area contributed by atoms with Crippen LogP contribution in [-0.2, 0) is 0 Å². The maximum absolute atomic E-state index is 2.44. The molecule has 1 saturated heterocycles. The van der Waals surface area contributed by atoms with E-state index in [0.29, 0.717) is 0 Å². The van der Waals surface area contributed by atoms with E-state index < -0.39 is 0 Å². The molecule has 0 radical (unpaired) electrons. The maximum atomic E-state index is 2.44. The Balaban J connectivity index is 1.21. The molecular formula is C20H24N8. The van der Waals surface area contributed by atoms with Gasteiger partial charge in [-0.15, -0.1) is 0 Å². The maximum Gasteiger partial charge on any atom is 0.110 e. The molecule has 144 valence electrons. The van der Waals surface area contributed by atoms with E-state index in [9.17, 15) is 0 Å². The summed E-state index contributed by atoms with van der Waals surface area (Å²) < 4.78 is 0. The first-order valence-corrected chi connectivity index (χ1v) is 10.1. The predicted octanol–water partition coefficient (Wildman–Crippen LogP) is 0.636. The van der Waals surface area contributed by atoms with E-state index in [-0.39, 0.29) is 0 Å². The second-order valence-electron chi connectivity index (χ2n) is 8.30. The predicted molar refractivity (Wildman–Crippen MR) is 104 cm³/mol. The smallest absolute Gasteiger partial charge is 0.110 e. The molecule has 7 rings (SSSR count). The quantitative estimate of drug-likeness (QED) is 0.608. The van der Waals surface area contributed by atoms with Crippen LogP contribution in [0.3, 0.4) is 0 Å². The first kappa shape index (κ1) is 14.8. The lowest BCUT2D eigenvalue weighted by Crippen LogP contribution is -2.47. The Bertz CT molecular complexity index is 765. The first-order valence-electron chi connectivity index (χ1n) is 10.1. The minimum atomic E-state index is 0.933. The second kappa shape index (κ2) is 5.21. The molecule has 8 heteroatoms. The summed E-state index contributed by atoms with van der Waals surface area (Å²) >= 11 is 0. The lowest BCUT2D eigenvalue weighted by atomic mass is 10.3. The molecule has 1 fully saturated rings. The molecule has 0 unspecified atom stereocenters. The average molecular weight is 376 g/mol. The van der Waals surface area contributed by atoms with Gasteiger partial charge >= 0.3 is 0 Å². The Morgan fingerprint density at radius 1 is 0.393 bits per heavy atom. The molecule has 0 amide bonds. The van der Waals surface area contributed by atoms with Crippen LogP contribution in [-0.4, -0.2) is 92.5 Å². The van der Waals surface area contributed by atoms with E-state index in [1.165, 1.54) is 22.8 Å². The Morgan fingerprint density at radius 2 is 0.643 bits per heavy atom. The van der Waals surface area contributed by atoms with E-state index >= 15 is 0 Å². The summed E-state index contributed by atoms with van der Waals surface area (Å²) in [6.45, 7) is 7.85. The number of hydrogen-bond donors (Lipinski definition) is 0. The van der Waals surface area contributed by atoms with Crippen LogP contribution < -0.4 is 0 Å². The third-order valence-corrected chi connectivity index (χ3v) is 6.50. The van der Waals surface area contributed by atoms with Gasteiger partial charge in [0.15, 0.2) is 0 Å². The van der Waals surface area contributed by atoms with Gasteiger partial charge < -0.3 is 19.6 Å². The van der Waals surface area contributed by atoms with Crippen molar-refractivity contribution in [3.63, 3.8) is 0 Å². The number of hydrogen-bond acceptors (Lipinski definition) is 8. The standard InChI is InChI=1S/C20H24N8/c1-2-18-10-22-7-8-24-12-20-4-3-19-11-23(15-27(19)28(20)16-24)6-5-21-9-17(1)25(13-21)26(18)14-22/h1-4,9-12H,5-8,13-16H2. The molecule has 0 aromatic heterocycles. The zero-order valence-electron chi connectivity index (χ0n) is 15.9. The van der Waals surface area contributed by atoms with Crippen molar-refractivity contribution >= 4 is 0 Å². The summed E-state index contributed by atoms with van der Waals surface area (Å²) in [5.41, 5.74) is 5.18. The van der Waals surface area contributed by atoms with Crippen LogP contribution >= 0.6 is 0 Å². The molecule has 0 aromatic carbocycles. The van der Waals surface area contributed by atoms with Crippen LogP contribution in [0.1, 0.15) is 0 Å². The fourth-order valence-electron chi connectivity index (χ4n) is 4.97. The van der Waals surface area contributed by atoms with Gasteiger partial charge in [-0.2, -0.15) is 0 Å². The lowest BCUT2D eigenvalue weighted by molar-refractivity contribution is 0.000704. The summed E-state index contributed by atoms with van der Waals surface area (Å²) in [4.78, 5) is 9.74. The summed E-state index contributed by atoms with van der Waals surface area (Å²) in [6.07, 6.45) is 18.2. The Morgan fingerprint density at radius 3 is 0.893 bits per heavy atom. The van der Waals surface area contributed by atoms with E-state index in [2.05, 4.69) is 88.7 Å². The Labute approximate surface area is 165 Å². The molecule has 7 heterocycles. The molecule has 0 spiro atoms. The van der Waals surface area contributed by atoms with E-state index in [1.807, 2.05) is 0 Å². The number of hydrazine groups is 2. The third-order valence-electron chi connectivity index (χ3n) is 6.50. The molecule has 7 aliphatic heterocycles. The normalized spacial score (nSPS) is 26.9. The first-order chi connectivity index (χ1) is 13.8. The van der Waals surface area contributed by atoms with Crippen molar-refractivity contribution in [2.24, 2.45) is 0 Å². The van der Waals surface area contributed by atoms with Crippen LogP contribution in [0.25, 0.3) is 0 Å². The number of allylic oxidation sites excluding steroid dienone is 4. The summed E-state index contributed by atoms with van der Waals surface area (Å²) in [5.74, 6) is 0. The molecule has 0 N–H and O–H groups in total. The van der Waals surface area contributed by atoms with Gasteiger partial charge in [-0.25, -0.2) is 0 Å². The van der Waals surface area contributed by atoms with Gasteiger partial charge in [0.1, 0.15) is 26.7 Å². The lowest BCUT2D eigenvalue weighted by Gasteiger charge is -2.38. The molecule has 0 atom stereocenters. The zero-order valence-corrected chi connectivity index (χ0v) is 15.9. The van der Waals surface area contributed by atoms with Gasteiger partial charge in [0.2, 0.25) is 0 Å². The van der Waals surface area contributed by atoms with E-state index in [1.54, 1.807) is 0 Å². The van der Waals surface area contributed by atoms with Gasteiger partial charge in [-0.05, 0) is 24.3 Å². The van der Waals surface area contributed by atoms with Crippen LogP contribution in [0.15, 0.2) is 71.9 Å². The largest absolute Gasteiger partial charge is 0.355 e. The highest BCUT2D eigenvalue weighted by Crippen LogP contribution is 2.34. The van der Waals surface area contributed by atoms with Crippen molar-refractivity contribution in [1.29, 1.82) is 0 Å². The van der Waals surface area contributed by atoms with Gasteiger partial charge in [0.05, 0.1) is 22.8 Å². The topological polar surface area (TPSA) is 25.9 Å². The van der Waals surface area contributed by atoms with Gasteiger partial charge in [0, 0.05) is 51.0 Å². The minimum Gasteiger partial charge on any atom is -0.355 e.